The number of nitrogens with one attached hydrogen (secondary N) is 1. The Kier molecular flexibility index (Phi) is 4.51. The second-order valence-electron chi connectivity index (χ2n) is 5.22. The smallest absolute Gasteiger partial charge is 0.236 e. The number of aromatic nitrogens is 2. The number of aliphatic hydroxyl groups is 1. The van der Waals surface area contributed by atoms with Gasteiger partial charge in [0.15, 0.2) is 0 Å². The van der Waals surface area contributed by atoms with Crippen molar-refractivity contribution >= 4 is 11.9 Å². The minimum absolute atomic E-state index is 0.0321. The molecule has 1 aromatic rings. The fourth-order valence-electron chi connectivity index (χ4n) is 2.43. The summed E-state index contributed by atoms with van der Waals surface area (Å²) < 4.78 is 0. The lowest BCUT2D eigenvalue weighted by Gasteiger charge is -2.29. The van der Waals surface area contributed by atoms with E-state index in [-0.39, 0.29) is 12.5 Å². The monoisotopic (exact) mass is 279 g/mol. The Morgan fingerprint density at radius 3 is 2.90 bits per heavy atom. The van der Waals surface area contributed by atoms with E-state index in [1.807, 2.05) is 4.90 Å². The van der Waals surface area contributed by atoms with Crippen LogP contribution in [0.3, 0.4) is 0 Å². The maximum absolute atomic E-state index is 11.7. The molecule has 0 spiro atoms. The van der Waals surface area contributed by atoms with E-state index in [1.54, 1.807) is 37.5 Å². The van der Waals surface area contributed by atoms with E-state index in [1.165, 1.54) is 0 Å². The summed E-state index contributed by atoms with van der Waals surface area (Å²) in [6, 6.07) is 1.76. The molecule has 1 saturated heterocycles. The zero-order chi connectivity index (χ0) is 14.6. The number of carbonyl (C=O) groups excluding carboxylic acids is 1. The Balaban J connectivity index is 1.95. The van der Waals surface area contributed by atoms with E-state index in [4.69, 9.17) is 0 Å². The van der Waals surface area contributed by atoms with Gasteiger partial charge in [0.2, 0.25) is 11.9 Å². The van der Waals surface area contributed by atoms with Crippen LogP contribution in [0.15, 0.2) is 18.5 Å². The van der Waals surface area contributed by atoms with Crippen LogP contribution >= 0.6 is 0 Å². The van der Waals surface area contributed by atoms with E-state index in [0.717, 1.165) is 0 Å². The lowest BCUT2D eigenvalue weighted by atomic mass is 10.0. The molecule has 110 valence electrons. The van der Waals surface area contributed by atoms with Crippen molar-refractivity contribution in [2.24, 2.45) is 0 Å². The van der Waals surface area contributed by atoms with Gasteiger partial charge in [-0.25, -0.2) is 9.97 Å². The Morgan fingerprint density at radius 2 is 2.25 bits per heavy atom. The van der Waals surface area contributed by atoms with Gasteiger partial charge < -0.3 is 20.2 Å². The molecule has 0 aromatic carbocycles. The molecule has 0 radical (unpaired) electrons. The van der Waals surface area contributed by atoms with Gasteiger partial charge in [-0.1, -0.05) is 0 Å². The van der Waals surface area contributed by atoms with Gasteiger partial charge in [-0.3, -0.25) is 4.79 Å². The van der Waals surface area contributed by atoms with Crippen molar-refractivity contribution in [3.05, 3.63) is 18.5 Å². The summed E-state index contributed by atoms with van der Waals surface area (Å²) in [5.74, 6) is 0.586. The fourth-order valence-corrected chi connectivity index (χ4v) is 2.43. The predicted octanol–water partition coefficient (Wildman–Crippen LogP) is -0.904. The van der Waals surface area contributed by atoms with E-state index in [0.29, 0.717) is 32.0 Å². The van der Waals surface area contributed by atoms with Crippen molar-refractivity contribution in [2.75, 3.05) is 45.2 Å². The highest BCUT2D eigenvalue weighted by atomic mass is 16.3. The molecule has 2 rings (SSSR count). The summed E-state index contributed by atoms with van der Waals surface area (Å²) in [7, 11) is 3.43. The number of rotatable bonds is 5. The van der Waals surface area contributed by atoms with Crippen molar-refractivity contribution in [1.82, 2.24) is 20.2 Å². The largest absolute Gasteiger partial charge is 0.386 e. The highest BCUT2D eigenvalue weighted by Gasteiger charge is 2.38. The quantitative estimate of drug-likeness (QED) is 0.727. The summed E-state index contributed by atoms with van der Waals surface area (Å²) in [4.78, 5) is 23.6. The standard InChI is InChI=1S/C13H21N5O2/c1-14-8-11(19)17(2)9-13(20)4-7-18(10-13)12-15-5-3-6-16-12/h3,5-6,14,20H,4,7-10H2,1-2H3/t13-/m1/s1. The van der Waals surface area contributed by atoms with Gasteiger partial charge in [0, 0.05) is 26.0 Å². The van der Waals surface area contributed by atoms with Crippen LogP contribution in [0.2, 0.25) is 0 Å². The second-order valence-corrected chi connectivity index (χ2v) is 5.22. The molecule has 1 fully saturated rings. The van der Waals surface area contributed by atoms with E-state index in [2.05, 4.69) is 15.3 Å². The molecule has 1 atom stereocenters. The third kappa shape index (κ3) is 3.43. The first-order chi connectivity index (χ1) is 9.54. The van der Waals surface area contributed by atoms with E-state index < -0.39 is 5.60 Å². The maximum Gasteiger partial charge on any atom is 0.236 e. The van der Waals surface area contributed by atoms with Crippen LogP contribution in [0.25, 0.3) is 0 Å². The topological polar surface area (TPSA) is 81.6 Å². The van der Waals surface area contributed by atoms with Crippen LogP contribution < -0.4 is 10.2 Å². The van der Waals surface area contributed by atoms with Gasteiger partial charge in [0.1, 0.15) is 5.60 Å². The van der Waals surface area contributed by atoms with Crippen molar-refractivity contribution in [2.45, 2.75) is 12.0 Å². The molecule has 0 aliphatic carbocycles. The average molecular weight is 279 g/mol. The highest BCUT2D eigenvalue weighted by Crippen LogP contribution is 2.24. The van der Waals surface area contributed by atoms with Crippen LogP contribution in [0.1, 0.15) is 6.42 Å². The summed E-state index contributed by atoms with van der Waals surface area (Å²) in [6.07, 6.45) is 3.97. The Hall–Kier alpha value is -1.73. The second kappa shape index (κ2) is 6.15. The summed E-state index contributed by atoms with van der Waals surface area (Å²) >= 11 is 0. The zero-order valence-electron chi connectivity index (χ0n) is 11.9. The lowest BCUT2D eigenvalue weighted by molar-refractivity contribution is -0.131. The van der Waals surface area contributed by atoms with E-state index in [9.17, 15) is 9.90 Å². The Labute approximate surface area is 118 Å². The Morgan fingerprint density at radius 1 is 1.55 bits per heavy atom. The first-order valence-electron chi connectivity index (χ1n) is 6.67. The maximum atomic E-state index is 11.7. The van der Waals surface area contributed by atoms with Gasteiger partial charge in [-0.15, -0.1) is 0 Å². The predicted molar refractivity (Wildman–Crippen MR) is 75.4 cm³/mol. The van der Waals surface area contributed by atoms with Gasteiger partial charge in [0.25, 0.3) is 0 Å². The number of amides is 1. The van der Waals surface area contributed by atoms with Gasteiger partial charge in [0.05, 0.1) is 19.6 Å². The number of β-amino-alcohol motifs (C(OH)–C–C–N with tert-alkyl or cyclic N) is 1. The molecule has 1 aromatic heterocycles. The number of carbonyl (C=O) groups is 1. The first-order valence-corrected chi connectivity index (χ1v) is 6.67. The zero-order valence-corrected chi connectivity index (χ0v) is 11.9. The normalized spacial score (nSPS) is 22.1. The van der Waals surface area contributed by atoms with Gasteiger partial charge in [-0.05, 0) is 19.5 Å². The van der Waals surface area contributed by atoms with Crippen molar-refractivity contribution < 1.29 is 9.90 Å². The SMILES string of the molecule is CNCC(=O)N(C)C[C@]1(O)CCN(c2ncccn2)C1. The minimum atomic E-state index is -0.905. The molecular weight excluding hydrogens is 258 g/mol. The first kappa shape index (κ1) is 14.7. The summed E-state index contributed by atoms with van der Waals surface area (Å²) in [6.45, 7) is 1.72. The molecular formula is C13H21N5O2. The van der Waals surface area contributed by atoms with Crippen molar-refractivity contribution in [3.63, 3.8) is 0 Å². The third-order valence-corrected chi connectivity index (χ3v) is 3.45. The van der Waals surface area contributed by atoms with Crippen LogP contribution in [-0.4, -0.2) is 71.8 Å². The summed E-state index contributed by atoms with van der Waals surface area (Å²) in [5, 5.41) is 13.4. The molecule has 1 aliphatic rings. The lowest BCUT2D eigenvalue weighted by Crippen LogP contribution is -2.47. The number of likely N-dealkylation sites (N-methyl/N-ethyl adjacent to an activating group) is 2. The molecule has 20 heavy (non-hydrogen) atoms. The number of nitrogens with zero attached hydrogens (tertiary/aromatic N) is 4. The van der Waals surface area contributed by atoms with Gasteiger partial charge >= 0.3 is 0 Å². The third-order valence-electron chi connectivity index (χ3n) is 3.45. The van der Waals surface area contributed by atoms with E-state index >= 15 is 0 Å². The molecule has 7 nitrogen and oxygen atoms in total. The van der Waals surface area contributed by atoms with Crippen LogP contribution in [-0.2, 0) is 4.79 Å². The molecule has 0 saturated carbocycles. The Bertz CT molecular complexity index is 455. The molecule has 7 heteroatoms. The minimum Gasteiger partial charge on any atom is -0.386 e. The van der Waals surface area contributed by atoms with Crippen LogP contribution in [0.4, 0.5) is 5.95 Å². The highest BCUT2D eigenvalue weighted by molar-refractivity contribution is 5.78. The van der Waals surface area contributed by atoms with Crippen molar-refractivity contribution in [3.8, 4) is 0 Å². The molecule has 0 bridgehead atoms. The molecule has 1 amide bonds. The summed E-state index contributed by atoms with van der Waals surface area (Å²) in [5.41, 5.74) is -0.905. The number of hydrogen-bond donors (Lipinski definition) is 2. The number of hydrogen-bond acceptors (Lipinski definition) is 6. The molecule has 1 aliphatic heterocycles. The number of anilines is 1. The molecule has 2 heterocycles. The van der Waals surface area contributed by atoms with Gasteiger partial charge in [-0.2, -0.15) is 0 Å². The van der Waals surface area contributed by atoms with Crippen LogP contribution in [0, 0.1) is 0 Å². The molecule has 0 unspecified atom stereocenters. The fraction of sp³-hybridized carbons (Fsp3) is 0.615. The molecule has 2 N–H and O–H groups in total. The van der Waals surface area contributed by atoms with Crippen LogP contribution in [0.5, 0.6) is 0 Å². The average Bonchev–Trinajstić information content (AvgIpc) is 2.82. The van der Waals surface area contributed by atoms with Crippen molar-refractivity contribution in [1.29, 1.82) is 0 Å².